The summed E-state index contributed by atoms with van der Waals surface area (Å²) in [6.07, 6.45) is 2.30. The van der Waals surface area contributed by atoms with Crippen LogP contribution in [0.25, 0.3) is 0 Å². The molecule has 3 nitrogen and oxygen atoms in total. The Labute approximate surface area is 61.5 Å². The predicted octanol–water partition coefficient (Wildman–Crippen LogP) is 0.818. The van der Waals surface area contributed by atoms with E-state index in [9.17, 15) is 0 Å². The molecule has 0 radical (unpaired) electrons. The maximum absolute atomic E-state index is 8.17. The van der Waals surface area contributed by atoms with E-state index in [1.807, 2.05) is 0 Å². The van der Waals surface area contributed by atoms with E-state index < -0.39 is 0 Å². The van der Waals surface area contributed by atoms with Gasteiger partial charge < -0.3 is 4.90 Å². The van der Waals surface area contributed by atoms with Gasteiger partial charge in [0.05, 0.1) is 6.61 Å². The van der Waals surface area contributed by atoms with Crippen LogP contribution in [-0.2, 0) is 4.89 Å². The van der Waals surface area contributed by atoms with Crippen LogP contribution in [-0.4, -0.2) is 36.9 Å². The summed E-state index contributed by atoms with van der Waals surface area (Å²) >= 11 is 0. The average molecular weight is 145 g/mol. The van der Waals surface area contributed by atoms with Gasteiger partial charge in [-0.25, -0.2) is 4.89 Å². The fourth-order valence-electron chi connectivity index (χ4n) is 1.33. The van der Waals surface area contributed by atoms with Crippen LogP contribution in [0.3, 0.4) is 0 Å². The summed E-state index contributed by atoms with van der Waals surface area (Å²) in [6, 6.07) is 0. The van der Waals surface area contributed by atoms with E-state index in [0.717, 1.165) is 25.9 Å². The third-order valence-electron chi connectivity index (χ3n) is 2.15. The van der Waals surface area contributed by atoms with Gasteiger partial charge in [0.25, 0.3) is 0 Å². The molecule has 1 fully saturated rings. The summed E-state index contributed by atoms with van der Waals surface area (Å²) in [4.78, 5) is 6.40. The van der Waals surface area contributed by atoms with Crippen LogP contribution < -0.4 is 0 Å². The quantitative estimate of drug-likeness (QED) is 0.461. The van der Waals surface area contributed by atoms with E-state index in [2.05, 4.69) is 16.8 Å². The molecule has 0 atom stereocenters. The molecule has 0 aromatic carbocycles. The summed E-state index contributed by atoms with van der Waals surface area (Å²) in [7, 11) is 2.12. The molecule has 0 aromatic heterocycles. The standard InChI is InChI=1S/C7H15NO2/c1-8-4-2-7(3-5-8)6-10-9/h7,9H,2-6H2,1H3. The van der Waals surface area contributed by atoms with Crippen LogP contribution in [0.2, 0.25) is 0 Å². The van der Waals surface area contributed by atoms with Crippen LogP contribution in [0.15, 0.2) is 0 Å². The molecule has 1 heterocycles. The minimum atomic E-state index is 0.508. The van der Waals surface area contributed by atoms with Gasteiger partial charge in [-0.1, -0.05) is 0 Å². The molecule has 0 saturated carbocycles. The number of hydrogen-bond donors (Lipinski definition) is 1. The summed E-state index contributed by atoms with van der Waals surface area (Å²) in [5, 5.41) is 8.17. The molecule has 1 aliphatic rings. The van der Waals surface area contributed by atoms with Gasteiger partial charge in [-0.15, -0.1) is 0 Å². The van der Waals surface area contributed by atoms with Crippen LogP contribution in [0.4, 0.5) is 0 Å². The maximum atomic E-state index is 8.17. The average Bonchev–Trinajstić information content (AvgIpc) is 1.95. The van der Waals surface area contributed by atoms with Gasteiger partial charge in [0.2, 0.25) is 0 Å². The van der Waals surface area contributed by atoms with Gasteiger partial charge in [0.15, 0.2) is 0 Å². The van der Waals surface area contributed by atoms with Crippen molar-refractivity contribution in [3.8, 4) is 0 Å². The van der Waals surface area contributed by atoms with E-state index in [4.69, 9.17) is 5.26 Å². The molecule has 1 saturated heterocycles. The highest BCUT2D eigenvalue weighted by Gasteiger charge is 2.16. The van der Waals surface area contributed by atoms with Gasteiger partial charge in [-0.05, 0) is 38.9 Å². The Morgan fingerprint density at radius 3 is 2.60 bits per heavy atom. The second-order valence-corrected chi connectivity index (χ2v) is 3.04. The third kappa shape index (κ3) is 2.25. The Bertz CT molecular complexity index is 89.6. The normalized spacial score (nSPS) is 23.4. The molecule has 0 amide bonds. The fraction of sp³-hybridized carbons (Fsp3) is 1.00. The van der Waals surface area contributed by atoms with Crippen molar-refractivity contribution in [1.29, 1.82) is 0 Å². The van der Waals surface area contributed by atoms with Gasteiger partial charge in [-0.3, -0.25) is 5.26 Å². The van der Waals surface area contributed by atoms with Crippen molar-refractivity contribution in [2.45, 2.75) is 12.8 Å². The van der Waals surface area contributed by atoms with Crippen molar-refractivity contribution in [2.24, 2.45) is 5.92 Å². The van der Waals surface area contributed by atoms with Gasteiger partial charge in [-0.2, -0.15) is 0 Å². The maximum Gasteiger partial charge on any atom is 0.0848 e. The summed E-state index contributed by atoms with van der Waals surface area (Å²) in [5.74, 6) is 0.571. The second-order valence-electron chi connectivity index (χ2n) is 3.04. The van der Waals surface area contributed by atoms with Crippen molar-refractivity contribution < 1.29 is 10.1 Å². The van der Waals surface area contributed by atoms with Crippen LogP contribution in [0.5, 0.6) is 0 Å². The smallest absolute Gasteiger partial charge is 0.0848 e. The summed E-state index contributed by atoms with van der Waals surface area (Å²) < 4.78 is 0. The van der Waals surface area contributed by atoms with Gasteiger partial charge >= 0.3 is 0 Å². The Balaban J connectivity index is 2.13. The monoisotopic (exact) mass is 145 g/mol. The molecule has 0 bridgehead atoms. The Morgan fingerprint density at radius 2 is 2.10 bits per heavy atom. The Hall–Kier alpha value is -0.120. The van der Waals surface area contributed by atoms with E-state index in [1.54, 1.807) is 0 Å². The zero-order chi connectivity index (χ0) is 7.40. The van der Waals surface area contributed by atoms with Crippen molar-refractivity contribution in [3.63, 3.8) is 0 Å². The number of rotatable bonds is 2. The molecule has 0 aromatic rings. The molecule has 1 N–H and O–H groups in total. The number of likely N-dealkylation sites (tertiary alicyclic amines) is 1. The highest BCUT2D eigenvalue weighted by Crippen LogP contribution is 2.15. The first-order chi connectivity index (χ1) is 4.83. The molecular formula is C7H15NO2. The Kier molecular flexibility index (Phi) is 3.12. The van der Waals surface area contributed by atoms with Crippen molar-refractivity contribution in [1.82, 2.24) is 4.90 Å². The molecule has 0 spiro atoms. The molecule has 1 rings (SSSR count). The summed E-state index contributed by atoms with van der Waals surface area (Å²) in [5.41, 5.74) is 0. The van der Waals surface area contributed by atoms with E-state index in [-0.39, 0.29) is 0 Å². The molecule has 3 heteroatoms. The number of piperidine rings is 1. The SMILES string of the molecule is CN1CCC(COO)CC1. The number of nitrogens with zero attached hydrogens (tertiary/aromatic N) is 1. The van der Waals surface area contributed by atoms with Gasteiger partial charge in [0.1, 0.15) is 0 Å². The van der Waals surface area contributed by atoms with Crippen LogP contribution in [0, 0.1) is 5.92 Å². The highest BCUT2D eigenvalue weighted by atomic mass is 17.1. The van der Waals surface area contributed by atoms with E-state index in [1.165, 1.54) is 0 Å². The zero-order valence-corrected chi connectivity index (χ0v) is 6.42. The minimum absolute atomic E-state index is 0.508. The van der Waals surface area contributed by atoms with Crippen molar-refractivity contribution in [3.05, 3.63) is 0 Å². The van der Waals surface area contributed by atoms with E-state index in [0.29, 0.717) is 12.5 Å². The number of hydrogen-bond acceptors (Lipinski definition) is 3. The largest absolute Gasteiger partial charge is 0.306 e. The molecular weight excluding hydrogens is 130 g/mol. The van der Waals surface area contributed by atoms with Crippen molar-refractivity contribution in [2.75, 3.05) is 26.7 Å². The van der Waals surface area contributed by atoms with Crippen molar-refractivity contribution >= 4 is 0 Å². The lowest BCUT2D eigenvalue weighted by Gasteiger charge is -2.27. The molecule has 60 valence electrons. The minimum Gasteiger partial charge on any atom is -0.306 e. The predicted molar refractivity (Wildman–Crippen MR) is 38.8 cm³/mol. The topological polar surface area (TPSA) is 32.7 Å². The van der Waals surface area contributed by atoms with Crippen LogP contribution >= 0.6 is 0 Å². The lowest BCUT2D eigenvalue weighted by molar-refractivity contribution is -0.252. The molecule has 0 aliphatic carbocycles. The molecule has 1 aliphatic heterocycles. The fourth-order valence-corrected chi connectivity index (χ4v) is 1.33. The Morgan fingerprint density at radius 1 is 1.50 bits per heavy atom. The first-order valence-electron chi connectivity index (χ1n) is 3.78. The van der Waals surface area contributed by atoms with E-state index >= 15 is 0 Å². The highest BCUT2D eigenvalue weighted by molar-refractivity contribution is 4.68. The zero-order valence-electron chi connectivity index (χ0n) is 6.42. The lowest BCUT2D eigenvalue weighted by Crippen LogP contribution is -2.31. The lowest BCUT2D eigenvalue weighted by atomic mass is 9.98. The first kappa shape index (κ1) is 7.98. The summed E-state index contributed by atoms with van der Waals surface area (Å²) in [6.45, 7) is 2.77. The van der Waals surface area contributed by atoms with Crippen LogP contribution in [0.1, 0.15) is 12.8 Å². The molecule has 10 heavy (non-hydrogen) atoms. The second kappa shape index (κ2) is 3.91. The van der Waals surface area contributed by atoms with Gasteiger partial charge in [0, 0.05) is 0 Å². The molecule has 0 unspecified atom stereocenters. The third-order valence-corrected chi connectivity index (χ3v) is 2.15. The first-order valence-corrected chi connectivity index (χ1v) is 3.78.